The molecule has 0 aromatic heterocycles. The molecule has 1 heterocycles. The van der Waals surface area contributed by atoms with Crippen LogP contribution in [-0.2, 0) is 19.6 Å². The zero-order chi connectivity index (χ0) is 23.8. The lowest BCUT2D eigenvalue weighted by Gasteiger charge is -2.29. The van der Waals surface area contributed by atoms with Crippen LogP contribution in [0.2, 0.25) is 0 Å². The first-order valence-corrected chi connectivity index (χ1v) is 12.8. The van der Waals surface area contributed by atoms with Crippen molar-refractivity contribution >= 4 is 27.7 Å². The number of hydrogen-bond acceptors (Lipinski definition) is 5. The van der Waals surface area contributed by atoms with Gasteiger partial charge in [-0.25, -0.2) is 8.42 Å². The third kappa shape index (κ3) is 6.43. The zero-order valence-corrected chi connectivity index (χ0v) is 20.3. The number of carbonyl (C=O) groups is 1. The molecule has 8 heteroatoms. The number of nitrogens with one attached hydrogen (secondary N) is 1. The van der Waals surface area contributed by atoms with Crippen LogP contribution in [-0.4, -0.2) is 58.0 Å². The quantitative estimate of drug-likeness (QED) is 0.567. The van der Waals surface area contributed by atoms with Crippen LogP contribution in [0, 0.1) is 0 Å². The molecule has 2 aromatic rings. The Morgan fingerprint density at radius 2 is 1.67 bits per heavy atom. The van der Waals surface area contributed by atoms with Gasteiger partial charge in [0.25, 0.3) is 0 Å². The van der Waals surface area contributed by atoms with Gasteiger partial charge < -0.3 is 15.0 Å². The monoisotopic (exact) mass is 471 g/mol. The van der Waals surface area contributed by atoms with E-state index in [0.29, 0.717) is 13.1 Å². The van der Waals surface area contributed by atoms with Crippen LogP contribution in [0.5, 0.6) is 0 Å². The third-order valence-corrected chi connectivity index (χ3v) is 7.84. The van der Waals surface area contributed by atoms with Crippen LogP contribution >= 0.6 is 0 Å². The number of anilines is 1. The highest BCUT2D eigenvalue weighted by atomic mass is 32.2. The van der Waals surface area contributed by atoms with Crippen molar-refractivity contribution in [2.45, 2.75) is 31.7 Å². The molecule has 0 radical (unpaired) electrons. The molecule has 0 spiro atoms. The predicted molar refractivity (Wildman–Crippen MR) is 132 cm³/mol. The summed E-state index contributed by atoms with van der Waals surface area (Å²) in [5.41, 5.74) is 2.94. The van der Waals surface area contributed by atoms with Crippen LogP contribution < -0.4 is 10.2 Å². The van der Waals surface area contributed by atoms with E-state index < -0.39 is 10.0 Å². The van der Waals surface area contributed by atoms with Crippen molar-refractivity contribution in [2.75, 3.05) is 44.3 Å². The van der Waals surface area contributed by atoms with E-state index in [2.05, 4.69) is 22.3 Å². The van der Waals surface area contributed by atoms with E-state index >= 15 is 0 Å². The summed E-state index contributed by atoms with van der Waals surface area (Å²) >= 11 is 0. The van der Waals surface area contributed by atoms with Crippen molar-refractivity contribution in [1.29, 1.82) is 0 Å². The standard InChI is InChI=1S/C25H33N3O4S/c1-4-28(5-2)33(30,31)24-13-6-21(7-14-24)8-15-25(29)26-20(3)22-9-11-23(12-10-22)27-16-18-32-19-17-27/h6-15,20H,4-5,16-19H2,1-3H3,(H,26,29)/b15-8+. The first-order chi connectivity index (χ1) is 15.8. The summed E-state index contributed by atoms with van der Waals surface area (Å²) in [6.45, 7) is 9.69. The van der Waals surface area contributed by atoms with Crippen LogP contribution in [0.1, 0.15) is 37.9 Å². The minimum absolute atomic E-state index is 0.137. The Labute approximate surface area is 197 Å². The second-order valence-corrected chi connectivity index (χ2v) is 9.85. The number of amides is 1. The van der Waals surface area contributed by atoms with Gasteiger partial charge in [-0.2, -0.15) is 4.31 Å². The molecule has 1 amide bonds. The van der Waals surface area contributed by atoms with E-state index in [1.807, 2.05) is 32.9 Å². The SMILES string of the molecule is CCN(CC)S(=O)(=O)c1ccc(/C=C/C(=O)NC(C)c2ccc(N3CCOCC3)cc2)cc1. The summed E-state index contributed by atoms with van der Waals surface area (Å²) in [6, 6.07) is 14.6. The lowest BCUT2D eigenvalue weighted by Crippen LogP contribution is -2.36. The Bertz CT molecular complexity index is 1040. The van der Waals surface area contributed by atoms with Gasteiger partial charge in [-0.3, -0.25) is 4.79 Å². The van der Waals surface area contributed by atoms with Gasteiger partial charge >= 0.3 is 0 Å². The first-order valence-electron chi connectivity index (χ1n) is 11.4. The van der Waals surface area contributed by atoms with E-state index in [-0.39, 0.29) is 16.8 Å². The van der Waals surface area contributed by atoms with Crippen molar-refractivity contribution in [3.8, 4) is 0 Å². The number of morpholine rings is 1. The number of sulfonamides is 1. The molecule has 0 saturated carbocycles. The Morgan fingerprint density at radius 3 is 2.24 bits per heavy atom. The van der Waals surface area contributed by atoms with E-state index in [1.54, 1.807) is 30.3 Å². The van der Waals surface area contributed by atoms with Gasteiger partial charge in [-0.15, -0.1) is 0 Å². The molecular weight excluding hydrogens is 438 g/mol. The highest BCUT2D eigenvalue weighted by molar-refractivity contribution is 7.89. The third-order valence-electron chi connectivity index (χ3n) is 5.78. The minimum atomic E-state index is -3.49. The highest BCUT2D eigenvalue weighted by Crippen LogP contribution is 2.20. The molecule has 1 aliphatic rings. The minimum Gasteiger partial charge on any atom is -0.378 e. The summed E-state index contributed by atoms with van der Waals surface area (Å²) in [4.78, 5) is 14.9. The lowest BCUT2D eigenvalue weighted by molar-refractivity contribution is -0.117. The second kappa shape index (κ2) is 11.4. The summed E-state index contributed by atoms with van der Waals surface area (Å²) in [5.74, 6) is -0.209. The number of carbonyl (C=O) groups excluding carboxylic acids is 1. The Hall–Kier alpha value is -2.68. The van der Waals surface area contributed by atoms with Gasteiger partial charge in [0.05, 0.1) is 24.2 Å². The van der Waals surface area contributed by atoms with Crippen LogP contribution in [0.3, 0.4) is 0 Å². The first kappa shape index (κ1) is 25.0. The molecule has 1 aliphatic heterocycles. The Kier molecular flexibility index (Phi) is 8.66. The highest BCUT2D eigenvalue weighted by Gasteiger charge is 2.21. The maximum absolute atomic E-state index is 12.6. The summed E-state index contributed by atoms with van der Waals surface area (Å²) in [7, 11) is -3.49. The molecule has 0 bridgehead atoms. The largest absolute Gasteiger partial charge is 0.378 e. The van der Waals surface area contributed by atoms with Crippen molar-refractivity contribution in [1.82, 2.24) is 9.62 Å². The number of nitrogens with zero attached hydrogens (tertiary/aromatic N) is 2. The van der Waals surface area contributed by atoms with Crippen molar-refractivity contribution < 1.29 is 17.9 Å². The van der Waals surface area contributed by atoms with Gasteiger partial charge in [-0.05, 0) is 48.4 Å². The van der Waals surface area contributed by atoms with E-state index in [1.165, 1.54) is 10.4 Å². The molecule has 2 aromatic carbocycles. The average Bonchev–Trinajstić information content (AvgIpc) is 2.84. The fourth-order valence-electron chi connectivity index (χ4n) is 3.78. The fraction of sp³-hybridized carbons (Fsp3) is 0.400. The second-order valence-electron chi connectivity index (χ2n) is 7.91. The van der Waals surface area contributed by atoms with E-state index in [9.17, 15) is 13.2 Å². The lowest BCUT2D eigenvalue weighted by atomic mass is 10.1. The topological polar surface area (TPSA) is 79.0 Å². The van der Waals surface area contributed by atoms with Gasteiger partial charge in [-0.1, -0.05) is 38.1 Å². The molecular formula is C25H33N3O4S. The van der Waals surface area contributed by atoms with Crippen molar-refractivity contribution in [2.24, 2.45) is 0 Å². The molecule has 178 valence electrons. The fourth-order valence-corrected chi connectivity index (χ4v) is 5.23. The van der Waals surface area contributed by atoms with Gasteiger partial charge in [0.1, 0.15) is 0 Å². The van der Waals surface area contributed by atoms with E-state index in [0.717, 1.165) is 43.1 Å². The zero-order valence-electron chi connectivity index (χ0n) is 19.5. The number of rotatable bonds is 9. The predicted octanol–water partition coefficient (Wildman–Crippen LogP) is 3.44. The molecule has 1 saturated heterocycles. The molecule has 1 unspecified atom stereocenters. The average molecular weight is 472 g/mol. The summed E-state index contributed by atoms with van der Waals surface area (Å²) < 4.78 is 32.0. The van der Waals surface area contributed by atoms with Crippen LogP contribution in [0.4, 0.5) is 5.69 Å². The molecule has 3 rings (SSSR count). The summed E-state index contributed by atoms with van der Waals surface area (Å²) in [6.07, 6.45) is 3.14. The molecule has 1 atom stereocenters. The number of ether oxygens (including phenoxy) is 1. The number of benzene rings is 2. The maximum atomic E-state index is 12.6. The van der Waals surface area contributed by atoms with Crippen LogP contribution in [0.15, 0.2) is 59.5 Å². The maximum Gasteiger partial charge on any atom is 0.244 e. The van der Waals surface area contributed by atoms with Crippen LogP contribution in [0.25, 0.3) is 6.08 Å². The van der Waals surface area contributed by atoms with E-state index in [4.69, 9.17) is 4.74 Å². The molecule has 1 N–H and O–H groups in total. The Morgan fingerprint density at radius 1 is 1.06 bits per heavy atom. The van der Waals surface area contributed by atoms with Crippen molar-refractivity contribution in [3.05, 3.63) is 65.7 Å². The molecule has 7 nitrogen and oxygen atoms in total. The summed E-state index contributed by atoms with van der Waals surface area (Å²) in [5, 5.41) is 2.97. The van der Waals surface area contributed by atoms with Gasteiger partial charge in [0.15, 0.2) is 0 Å². The molecule has 0 aliphatic carbocycles. The normalized spacial score (nSPS) is 15.7. The van der Waals surface area contributed by atoms with Gasteiger partial charge in [0, 0.05) is 37.9 Å². The Balaban J connectivity index is 1.57. The smallest absolute Gasteiger partial charge is 0.244 e. The molecule has 1 fully saturated rings. The molecule has 33 heavy (non-hydrogen) atoms. The van der Waals surface area contributed by atoms with Crippen molar-refractivity contribution in [3.63, 3.8) is 0 Å². The number of hydrogen-bond donors (Lipinski definition) is 1. The van der Waals surface area contributed by atoms with Gasteiger partial charge in [0.2, 0.25) is 15.9 Å².